The Balaban J connectivity index is 1.92. The van der Waals surface area contributed by atoms with Gasteiger partial charge in [0.05, 0.1) is 0 Å². The molecular weight excluding hydrogens is 274 g/mol. The van der Waals surface area contributed by atoms with Crippen molar-refractivity contribution in [3.8, 4) is 0 Å². The molecule has 1 unspecified atom stereocenters. The van der Waals surface area contributed by atoms with Crippen LogP contribution in [0.15, 0.2) is 24.3 Å². The van der Waals surface area contributed by atoms with Crippen LogP contribution in [-0.2, 0) is 6.42 Å². The third kappa shape index (κ3) is 3.11. The smallest absolute Gasteiger partial charge is 0.00563 e. The number of hydrogen-bond acceptors (Lipinski definition) is 1. The molecule has 0 radical (unpaired) electrons. The fraction of sp³-hybridized carbons (Fsp3) is 0.600. The zero-order valence-corrected chi connectivity index (χ0v) is 12.4. The van der Waals surface area contributed by atoms with Gasteiger partial charge in [-0.25, -0.2) is 0 Å². The molecule has 0 N–H and O–H groups in total. The number of fused-ring (bicyclic) bond motifs is 1. The zero-order valence-electron chi connectivity index (χ0n) is 10.8. The maximum Gasteiger partial charge on any atom is 0.00563 e. The van der Waals surface area contributed by atoms with E-state index >= 15 is 0 Å². The molecule has 2 heteroatoms. The lowest BCUT2D eigenvalue weighted by molar-refractivity contribution is 0.202. The van der Waals surface area contributed by atoms with Crippen LogP contribution in [0.2, 0.25) is 0 Å². The van der Waals surface area contributed by atoms with Crippen molar-refractivity contribution in [2.45, 2.75) is 38.6 Å². The third-order valence-corrected chi connectivity index (χ3v) is 4.29. The largest absolute Gasteiger partial charge is 0.300 e. The number of nitrogens with zero attached hydrogens (tertiary/aromatic N) is 1. The van der Waals surface area contributed by atoms with E-state index in [1.54, 1.807) is 11.1 Å². The highest BCUT2D eigenvalue weighted by Gasteiger charge is 2.27. The summed E-state index contributed by atoms with van der Waals surface area (Å²) in [6.45, 7) is 7.04. The summed E-state index contributed by atoms with van der Waals surface area (Å²) in [6, 6.07) is 9.54. The van der Waals surface area contributed by atoms with E-state index in [1.165, 1.54) is 25.9 Å². The van der Waals surface area contributed by atoms with Crippen molar-refractivity contribution >= 4 is 15.9 Å². The second-order valence-corrected chi connectivity index (χ2v) is 6.02. The van der Waals surface area contributed by atoms with Crippen LogP contribution in [0.4, 0.5) is 0 Å². The Morgan fingerprint density at radius 1 is 1.35 bits per heavy atom. The van der Waals surface area contributed by atoms with E-state index in [1.807, 2.05) is 0 Å². The van der Waals surface area contributed by atoms with Gasteiger partial charge < -0.3 is 4.90 Å². The van der Waals surface area contributed by atoms with Gasteiger partial charge in [-0.1, -0.05) is 40.2 Å². The van der Waals surface area contributed by atoms with E-state index < -0.39 is 0 Å². The molecule has 1 aliphatic rings. The first-order valence-corrected chi connectivity index (χ1v) is 7.72. The molecule has 17 heavy (non-hydrogen) atoms. The lowest BCUT2D eigenvalue weighted by Crippen LogP contribution is -2.38. The predicted octanol–water partition coefficient (Wildman–Crippen LogP) is 3.82. The minimum atomic E-state index is 0.654. The van der Waals surface area contributed by atoms with E-state index in [0.29, 0.717) is 6.04 Å². The maximum atomic E-state index is 3.52. The Labute approximate surface area is 113 Å². The van der Waals surface area contributed by atoms with Crippen LogP contribution in [0, 0.1) is 0 Å². The predicted molar refractivity (Wildman–Crippen MR) is 78.0 cm³/mol. The number of benzene rings is 1. The Hall–Kier alpha value is -0.340. The van der Waals surface area contributed by atoms with Crippen molar-refractivity contribution in [3.05, 3.63) is 35.4 Å². The van der Waals surface area contributed by atoms with Gasteiger partial charge >= 0.3 is 0 Å². The van der Waals surface area contributed by atoms with Gasteiger partial charge in [0.1, 0.15) is 0 Å². The molecule has 2 rings (SSSR count). The van der Waals surface area contributed by atoms with E-state index in [9.17, 15) is 0 Å². The quantitative estimate of drug-likeness (QED) is 0.721. The average Bonchev–Trinajstić information content (AvgIpc) is 2.29. The summed E-state index contributed by atoms with van der Waals surface area (Å²) in [4.78, 5) is 2.61. The van der Waals surface area contributed by atoms with Crippen LogP contribution in [0.3, 0.4) is 0 Å². The van der Waals surface area contributed by atoms with Crippen molar-refractivity contribution in [1.82, 2.24) is 4.90 Å². The molecule has 0 bridgehead atoms. The molecule has 0 aromatic heterocycles. The molecule has 1 atom stereocenters. The molecule has 1 nitrogen and oxygen atoms in total. The Bertz CT molecular complexity index is 362. The summed E-state index contributed by atoms with van der Waals surface area (Å²) in [5.74, 6) is 0.768. The highest BCUT2D eigenvalue weighted by atomic mass is 79.9. The van der Waals surface area contributed by atoms with Gasteiger partial charge in [-0.3, -0.25) is 0 Å². The molecule has 0 saturated carbocycles. The Kier molecular flexibility index (Phi) is 4.63. The number of halogens is 1. The van der Waals surface area contributed by atoms with Crippen LogP contribution in [0.5, 0.6) is 0 Å². The number of rotatable bonds is 6. The van der Waals surface area contributed by atoms with E-state index in [2.05, 4.69) is 58.9 Å². The molecule has 1 aromatic carbocycles. The van der Waals surface area contributed by atoms with Gasteiger partial charge in [0.15, 0.2) is 0 Å². The standard InChI is InChI=1S/C15H22BrN/c1-12(2)17(9-5-8-16)11-14-10-13-6-3-4-7-15(13)14/h3-4,6-7,12,14H,5,8-11H2,1-2H3. The summed E-state index contributed by atoms with van der Waals surface area (Å²) in [7, 11) is 0. The van der Waals surface area contributed by atoms with Crippen LogP contribution in [0.1, 0.15) is 37.3 Å². The molecule has 0 spiro atoms. The molecule has 1 aliphatic carbocycles. The van der Waals surface area contributed by atoms with Crippen molar-refractivity contribution in [2.75, 3.05) is 18.4 Å². The molecule has 0 saturated heterocycles. The van der Waals surface area contributed by atoms with Crippen LogP contribution in [-0.4, -0.2) is 29.4 Å². The molecule has 0 amide bonds. The van der Waals surface area contributed by atoms with Crippen molar-refractivity contribution < 1.29 is 0 Å². The average molecular weight is 296 g/mol. The first-order chi connectivity index (χ1) is 8.22. The number of alkyl halides is 1. The van der Waals surface area contributed by atoms with Gasteiger partial charge in [0.2, 0.25) is 0 Å². The molecule has 1 aromatic rings. The maximum absolute atomic E-state index is 3.52. The Morgan fingerprint density at radius 2 is 2.12 bits per heavy atom. The lowest BCUT2D eigenvalue weighted by Gasteiger charge is -2.36. The van der Waals surface area contributed by atoms with Gasteiger partial charge in [-0.2, -0.15) is 0 Å². The molecule has 94 valence electrons. The third-order valence-electron chi connectivity index (χ3n) is 3.73. The summed E-state index contributed by atoms with van der Waals surface area (Å²) < 4.78 is 0. The minimum Gasteiger partial charge on any atom is -0.300 e. The monoisotopic (exact) mass is 295 g/mol. The number of hydrogen-bond donors (Lipinski definition) is 0. The lowest BCUT2D eigenvalue weighted by atomic mass is 9.77. The van der Waals surface area contributed by atoms with Crippen LogP contribution < -0.4 is 0 Å². The van der Waals surface area contributed by atoms with Crippen LogP contribution in [0.25, 0.3) is 0 Å². The van der Waals surface area contributed by atoms with E-state index in [0.717, 1.165) is 11.2 Å². The van der Waals surface area contributed by atoms with Crippen LogP contribution >= 0.6 is 15.9 Å². The van der Waals surface area contributed by atoms with Gasteiger partial charge in [-0.05, 0) is 44.4 Å². The topological polar surface area (TPSA) is 3.24 Å². The first kappa shape index (κ1) is 13.1. The highest BCUT2D eigenvalue weighted by molar-refractivity contribution is 9.09. The van der Waals surface area contributed by atoms with Gasteiger partial charge in [0, 0.05) is 23.8 Å². The first-order valence-electron chi connectivity index (χ1n) is 6.60. The van der Waals surface area contributed by atoms with E-state index in [-0.39, 0.29) is 0 Å². The minimum absolute atomic E-state index is 0.654. The molecule has 0 heterocycles. The SMILES string of the molecule is CC(C)N(CCCBr)CC1Cc2ccccc21. The molecule has 0 fully saturated rings. The zero-order chi connectivity index (χ0) is 12.3. The normalized spacial score (nSPS) is 18.3. The second-order valence-electron chi connectivity index (χ2n) is 5.23. The second kappa shape index (κ2) is 6.01. The summed E-state index contributed by atoms with van der Waals surface area (Å²) in [5.41, 5.74) is 3.14. The molecule has 0 aliphatic heterocycles. The van der Waals surface area contributed by atoms with Crippen molar-refractivity contribution in [2.24, 2.45) is 0 Å². The van der Waals surface area contributed by atoms with Gasteiger partial charge in [0.25, 0.3) is 0 Å². The van der Waals surface area contributed by atoms with Crippen molar-refractivity contribution in [1.29, 1.82) is 0 Å². The van der Waals surface area contributed by atoms with Gasteiger partial charge in [-0.15, -0.1) is 0 Å². The fourth-order valence-electron chi connectivity index (χ4n) is 2.63. The summed E-state index contributed by atoms with van der Waals surface area (Å²) >= 11 is 3.52. The fourth-order valence-corrected chi connectivity index (χ4v) is 2.88. The Morgan fingerprint density at radius 3 is 2.76 bits per heavy atom. The highest BCUT2D eigenvalue weighted by Crippen LogP contribution is 2.35. The summed E-state index contributed by atoms with van der Waals surface area (Å²) in [5, 5.41) is 1.11. The summed E-state index contributed by atoms with van der Waals surface area (Å²) in [6.07, 6.45) is 2.51. The van der Waals surface area contributed by atoms with E-state index in [4.69, 9.17) is 0 Å². The van der Waals surface area contributed by atoms with Crippen molar-refractivity contribution in [3.63, 3.8) is 0 Å². The molecular formula is C15H22BrN.